The summed E-state index contributed by atoms with van der Waals surface area (Å²) in [5, 5.41) is 0. The van der Waals surface area contributed by atoms with Gasteiger partial charge in [0.05, 0.1) is 6.10 Å². The maximum absolute atomic E-state index is 14.1. The normalized spacial score (nSPS) is 17.8. The van der Waals surface area contributed by atoms with E-state index in [4.69, 9.17) is 10.5 Å². The quantitative estimate of drug-likeness (QED) is 0.888. The van der Waals surface area contributed by atoms with Gasteiger partial charge in [0.1, 0.15) is 5.82 Å². The summed E-state index contributed by atoms with van der Waals surface area (Å²) in [6.07, 6.45) is 2.44. The fraction of sp³-hybridized carbons (Fsp3) is 0.600. The first-order valence-electron chi connectivity index (χ1n) is 7.05. The van der Waals surface area contributed by atoms with Crippen molar-refractivity contribution in [3.8, 4) is 0 Å². The van der Waals surface area contributed by atoms with Gasteiger partial charge in [0.2, 0.25) is 0 Å². The fourth-order valence-electron chi connectivity index (χ4n) is 2.62. The van der Waals surface area contributed by atoms with E-state index in [1.165, 1.54) is 0 Å². The first-order valence-corrected chi connectivity index (χ1v) is 7.05. The van der Waals surface area contributed by atoms with E-state index >= 15 is 0 Å². The lowest BCUT2D eigenvalue weighted by Gasteiger charge is -2.31. The van der Waals surface area contributed by atoms with Crippen LogP contribution in [0.3, 0.4) is 0 Å². The van der Waals surface area contributed by atoms with E-state index in [0.717, 1.165) is 38.1 Å². The number of likely N-dealkylation sites (tertiary alicyclic amines) is 1. The molecule has 2 N–H and O–H groups in total. The maximum Gasteiger partial charge on any atom is 0.132 e. The molecule has 0 radical (unpaired) electrons. The lowest BCUT2D eigenvalue weighted by atomic mass is 10.1. The third-order valence-electron chi connectivity index (χ3n) is 3.71. The maximum atomic E-state index is 14.1. The Morgan fingerprint density at radius 1 is 1.32 bits per heavy atom. The molecule has 0 aliphatic carbocycles. The van der Waals surface area contributed by atoms with Crippen molar-refractivity contribution < 1.29 is 9.13 Å². The average Bonchev–Trinajstić information content (AvgIpc) is 2.43. The minimum atomic E-state index is -0.142. The summed E-state index contributed by atoms with van der Waals surface area (Å²) in [7, 11) is 0. The molecule has 19 heavy (non-hydrogen) atoms. The second kappa shape index (κ2) is 6.98. The summed E-state index contributed by atoms with van der Waals surface area (Å²) in [4.78, 5) is 2.29. The smallest absolute Gasteiger partial charge is 0.132 e. The first-order chi connectivity index (χ1) is 9.24. The highest BCUT2D eigenvalue weighted by Crippen LogP contribution is 2.19. The molecule has 1 saturated heterocycles. The van der Waals surface area contributed by atoms with Crippen LogP contribution >= 0.6 is 0 Å². The van der Waals surface area contributed by atoms with Crippen LogP contribution in [0.4, 0.5) is 4.39 Å². The van der Waals surface area contributed by atoms with E-state index in [-0.39, 0.29) is 12.4 Å². The number of hydrogen-bond acceptors (Lipinski definition) is 3. The van der Waals surface area contributed by atoms with Gasteiger partial charge in [0, 0.05) is 43.9 Å². The zero-order valence-electron chi connectivity index (χ0n) is 11.6. The Bertz CT molecular complexity index is 403. The van der Waals surface area contributed by atoms with Gasteiger partial charge in [-0.05, 0) is 19.8 Å². The highest BCUT2D eigenvalue weighted by Gasteiger charge is 2.20. The molecule has 1 aromatic rings. The molecule has 1 aliphatic rings. The molecule has 0 unspecified atom stereocenters. The number of nitrogens with two attached hydrogens (primary N) is 1. The second-order valence-electron chi connectivity index (χ2n) is 5.03. The van der Waals surface area contributed by atoms with Crippen LogP contribution in [0, 0.1) is 5.82 Å². The van der Waals surface area contributed by atoms with Crippen molar-refractivity contribution in [2.24, 2.45) is 5.73 Å². The van der Waals surface area contributed by atoms with Gasteiger partial charge in [0.15, 0.2) is 0 Å². The molecular formula is C15H23FN2O. The van der Waals surface area contributed by atoms with Gasteiger partial charge in [0.25, 0.3) is 0 Å². The van der Waals surface area contributed by atoms with Crippen LogP contribution in [0.2, 0.25) is 0 Å². The van der Waals surface area contributed by atoms with Crippen molar-refractivity contribution in [2.45, 2.75) is 39.0 Å². The van der Waals surface area contributed by atoms with Crippen molar-refractivity contribution in [3.63, 3.8) is 0 Å². The minimum Gasteiger partial charge on any atom is -0.378 e. The van der Waals surface area contributed by atoms with Crippen molar-refractivity contribution in [1.29, 1.82) is 0 Å². The second-order valence-corrected chi connectivity index (χ2v) is 5.03. The van der Waals surface area contributed by atoms with Gasteiger partial charge >= 0.3 is 0 Å². The van der Waals surface area contributed by atoms with Crippen molar-refractivity contribution in [3.05, 3.63) is 35.1 Å². The van der Waals surface area contributed by atoms with Crippen LogP contribution in [-0.4, -0.2) is 30.7 Å². The Morgan fingerprint density at radius 3 is 2.63 bits per heavy atom. The Balaban J connectivity index is 1.92. The molecule has 0 bridgehead atoms. The third kappa shape index (κ3) is 3.75. The number of halogens is 1. The molecule has 0 aromatic heterocycles. The van der Waals surface area contributed by atoms with E-state index in [0.29, 0.717) is 18.2 Å². The molecule has 4 heteroatoms. The Hall–Kier alpha value is -0.970. The molecule has 1 fully saturated rings. The van der Waals surface area contributed by atoms with Gasteiger partial charge in [-0.25, -0.2) is 4.39 Å². The highest BCUT2D eigenvalue weighted by molar-refractivity contribution is 5.25. The van der Waals surface area contributed by atoms with Crippen LogP contribution in [0.5, 0.6) is 0 Å². The van der Waals surface area contributed by atoms with E-state index in [1.807, 2.05) is 19.1 Å². The number of benzene rings is 1. The Kier molecular flexibility index (Phi) is 5.31. The molecule has 1 heterocycles. The summed E-state index contributed by atoms with van der Waals surface area (Å²) in [6, 6.07) is 5.48. The number of hydrogen-bond donors (Lipinski definition) is 1. The third-order valence-corrected chi connectivity index (χ3v) is 3.71. The largest absolute Gasteiger partial charge is 0.378 e. The monoisotopic (exact) mass is 266 g/mol. The van der Waals surface area contributed by atoms with E-state index in [2.05, 4.69) is 4.90 Å². The molecule has 0 spiro atoms. The van der Waals surface area contributed by atoms with Crippen LogP contribution < -0.4 is 5.73 Å². The van der Waals surface area contributed by atoms with Gasteiger partial charge in [-0.3, -0.25) is 4.90 Å². The van der Waals surface area contributed by atoms with E-state index in [9.17, 15) is 4.39 Å². The van der Waals surface area contributed by atoms with Gasteiger partial charge in [-0.15, -0.1) is 0 Å². The molecule has 1 aromatic carbocycles. The molecule has 1 aliphatic heterocycles. The summed E-state index contributed by atoms with van der Waals surface area (Å²) in [5.74, 6) is -0.142. The van der Waals surface area contributed by atoms with E-state index < -0.39 is 0 Å². The summed E-state index contributed by atoms with van der Waals surface area (Å²) >= 11 is 0. The summed E-state index contributed by atoms with van der Waals surface area (Å²) in [6.45, 7) is 5.66. The SMILES string of the molecule is CCOC1CCN(Cc2cccc(CN)c2F)CC1. The van der Waals surface area contributed by atoms with Crippen molar-refractivity contribution in [1.82, 2.24) is 4.90 Å². The number of piperidine rings is 1. The molecule has 0 saturated carbocycles. The van der Waals surface area contributed by atoms with Crippen molar-refractivity contribution >= 4 is 0 Å². The van der Waals surface area contributed by atoms with Crippen molar-refractivity contribution in [2.75, 3.05) is 19.7 Å². The molecule has 2 rings (SSSR count). The standard InChI is InChI=1S/C15H23FN2O/c1-2-19-14-6-8-18(9-7-14)11-13-5-3-4-12(10-17)15(13)16/h3-5,14H,2,6-11,17H2,1H3. The van der Waals surface area contributed by atoms with Gasteiger partial charge in [-0.2, -0.15) is 0 Å². The number of ether oxygens (including phenoxy) is 1. The number of nitrogens with zero attached hydrogens (tertiary/aromatic N) is 1. The minimum absolute atomic E-state index is 0.142. The van der Waals surface area contributed by atoms with Gasteiger partial charge < -0.3 is 10.5 Å². The molecular weight excluding hydrogens is 243 g/mol. The lowest BCUT2D eigenvalue weighted by Crippen LogP contribution is -2.36. The van der Waals surface area contributed by atoms with Crippen LogP contribution in [0.25, 0.3) is 0 Å². The first kappa shape index (κ1) is 14.4. The Morgan fingerprint density at radius 2 is 2.00 bits per heavy atom. The average molecular weight is 266 g/mol. The predicted molar refractivity (Wildman–Crippen MR) is 74.2 cm³/mol. The van der Waals surface area contributed by atoms with E-state index in [1.54, 1.807) is 6.07 Å². The van der Waals surface area contributed by atoms with Crippen LogP contribution in [-0.2, 0) is 17.8 Å². The van der Waals surface area contributed by atoms with Gasteiger partial charge in [-0.1, -0.05) is 18.2 Å². The predicted octanol–water partition coefficient (Wildman–Crippen LogP) is 2.29. The van der Waals surface area contributed by atoms with Crippen LogP contribution in [0.1, 0.15) is 30.9 Å². The topological polar surface area (TPSA) is 38.5 Å². The number of rotatable bonds is 5. The Labute approximate surface area is 114 Å². The fourth-order valence-corrected chi connectivity index (χ4v) is 2.62. The molecule has 0 amide bonds. The molecule has 0 atom stereocenters. The van der Waals surface area contributed by atoms with Crippen LogP contribution in [0.15, 0.2) is 18.2 Å². The molecule has 106 valence electrons. The zero-order valence-corrected chi connectivity index (χ0v) is 11.6. The summed E-state index contributed by atoms with van der Waals surface area (Å²) in [5.41, 5.74) is 6.88. The summed E-state index contributed by atoms with van der Waals surface area (Å²) < 4.78 is 19.7. The molecule has 3 nitrogen and oxygen atoms in total. The zero-order chi connectivity index (χ0) is 13.7. The highest BCUT2D eigenvalue weighted by atomic mass is 19.1. The lowest BCUT2D eigenvalue weighted by molar-refractivity contribution is 0.0123.